The Bertz CT molecular complexity index is 1060. The van der Waals surface area contributed by atoms with Crippen molar-refractivity contribution in [3.8, 4) is 0 Å². The molecule has 1 aliphatic rings. The van der Waals surface area contributed by atoms with E-state index in [-0.39, 0.29) is 6.04 Å². The lowest BCUT2D eigenvalue weighted by Gasteiger charge is -2.21. The zero-order valence-electron chi connectivity index (χ0n) is 14.7. The molecular weight excluding hydrogens is 400 g/mol. The highest BCUT2D eigenvalue weighted by molar-refractivity contribution is 9.10. The number of anilines is 1. The van der Waals surface area contributed by atoms with Gasteiger partial charge in [-0.25, -0.2) is 9.50 Å². The van der Waals surface area contributed by atoms with Crippen molar-refractivity contribution >= 4 is 27.3 Å². The largest absolute Gasteiger partial charge is 0.361 e. The zero-order chi connectivity index (χ0) is 18.2. The van der Waals surface area contributed by atoms with Crippen molar-refractivity contribution in [3.63, 3.8) is 0 Å². The van der Waals surface area contributed by atoms with Crippen LogP contribution < -0.4 is 5.32 Å². The number of nitrogens with one attached hydrogen (secondary N) is 1. The van der Waals surface area contributed by atoms with Crippen LogP contribution in [0.1, 0.15) is 29.5 Å². The number of aromatic nitrogens is 3. The van der Waals surface area contributed by atoms with Crippen LogP contribution in [0.5, 0.6) is 0 Å². The van der Waals surface area contributed by atoms with E-state index in [1.165, 1.54) is 17.5 Å². The lowest BCUT2D eigenvalue weighted by Crippen LogP contribution is -2.15. The third-order valence-corrected chi connectivity index (χ3v) is 5.91. The van der Waals surface area contributed by atoms with Crippen molar-refractivity contribution in [1.29, 1.82) is 0 Å². The highest BCUT2D eigenvalue weighted by atomic mass is 79.9. The van der Waals surface area contributed by atoms with Crippen LogP contribution in [0, 0.1) is 5.92 Å². The molecule has 4 aromatic rings. The van der Waals surface area contributed by atoms with Gasteiger partial charge in [-0.15, -0.1) is 0 Å². The topological polar surface area (TPSA) is 42.2 Å². The van der Waals surface area contributed by atoms with Crippen molar-refractivity contribution in [2.45, 2.75) is 18.4 Å². The second kappa shape index (κ2) is 6.82. The highest BCUT2D eigenvalue weighted by Gasteiger charge is 2.44. The van der Waals surface area contributed by atoms with E-state index in [0.717, 1.165) is 15.8 Å². The molecule has 4 nitrogen and oxygen atoms in total. The molecular formula is C22H19BrN4. The molecule has 3 unspecified atom stereocenters. The summed E-state index contributed by atoms with van der Waals surface area (Å²) >= 11 is 3.60. The van der Waals surface area contributed by atoms with Gasteiger partial charge in [-0.05, 0) is 45.3 Å². The summed E-state index contributed by atoms with van der Waals surface area (Å²) in [5.74, 6) is 1.98. The summed E-state index contributed by atoms with van der Waals surface area (Å²) in [7, 11) is 0. The first-order chi connectivity index (χ1) is 13.3. The minimum atomic E-state index is 0.205. The maximum absolute atomic E-state index is 4.61. The van der Waals surface area contributed by atoms with Gasteiger partial charge in [0.25, 0.3) is 0 Å². The van der Waals surface area contributed by atoms with Gasteiger partial charge in [0.1, 0.15) is 5.52 Å². The Kier molecular flexibility index (Phi) is 4.17. The van der Waals surface area contributed by atoms with Gasteiger partial charge >= 0.3 is 0 Å². The highest BCUT2D eigenvalue weighted by Crippen LogP contribution is 2.55. The molecule has 1 N–H and O–H groups in total. The van der Waals surface area contributed by atoms with Crippen LogP contribution in [0.25, 0.3) is 5.52 Å². The molecule has 0 aliphatic heterocycles. The third-order valence-electron chi connectivity index (χ3n) is 5.33. The van der Waals surface area contributed by atoms with Gasteiger partial charge in [-0.3, -0.25) is 0 Å². The number of hydrogen-bond acceptors (Lipinski definition) is 3. The van der Waals surface area contributed by atoms with Crippen LogP contribution in [0.4, 0.5) is 5.82 Å². The van der Waals surface area contributed by atoms with Gasteiger partial charge in [-0.2, -0.15) is 5.10 Å². The molecule has 1 saturated carbocycles. The Hall–Kier alpha value is -2.66. The fourth-order valence-corrected chi connectivity index (χ4v) is 4.39. The summed E-state index contributed by atoms with van der Waals surface area (Å²) in [5.41, 5.74) is 3.68. The van der Waals surface area contributed by atoms with Crippen LogP contribution in [-0.2, 0) is 0 Å². The number of fused-ring (bicyclic) bond motifs is 1. The lowest BCUT2D eigenvalue weighted by molar-refractivity contribution is 0.655. The van der Waals surface area contributed by atoms with E-state index >= 15 is 0 Å². The predicted octanol–water partition coefficient (Wildman–Crippen LogP) is 5.45. The van der Waals surface area contributed by atoms with Gasteiger partial charge < -0.3 is 5.32 Å². The summed E-state index contributed by atoms with van der Waals surface area (Å²) < 4.78 is 2.79. The summed E-state index contributed by atoms with van der Waals surface area (Å²) in [6, 6.07) is 21.7. The van der Waals surface area contributed by atoms with E-state index in [1.54, 1.807) is 6.20 Å². The molecule has 3 atom stereocenters. The Morgan fingerprint density at radius 3 is 2.56 bits per heavy atom. The number of halogens is 1. The normalized spacial score (nSPS) is 19.7. The number of benzene rings is 2. The molecule has 5 rings (SSSR count). The van der Waals surface area contributed by atoms with E-state index in [0.29, 0.717) is 11.8 Å². The number of nitrogens with zero attached hydrogens (tertiary/aromatic N) is 3. The van der Waals surface area contributed by atoms with Crippen molar-refractivity contribution in [3.05, 3.63) is 94.9 Å². The van der Waals surface area contributed by atoms with Crippen molar-refractivity contribution in [1.82, 2.24) is 14.6 Å². The van der Waals surface area contributed by atoms with Crippen LogP contribution in [0.15, 0.2) is 83.7 Å². The Morgan fingerprint density at radius 1 is 1.04 bits per heavy atom. The van der Waals surface area contributed by atoms with Crippen LogP contribution >= 0.6 is 15.9 Å². The van der Waals surface area contributed by atoms with E-state index in [4.69, 9.17) is 0 Å². The van der Waals surface area contributed by atoms with E-state index in [2.05, 4.69) is 92.0 Å². The van der Waals surface area contributed by atoms with Crippen molar-refractivity contribution in [2.24, 2.45) is 5.92 Å². The second-order valence-electron chi connectivity index (χ2n) is 7.01. The number of hydrogen-bond donors (Lipinski definition) is 1. The molecule has 134 valence electrons. The molecule has 0 saturated heterocycles. The molecule has 2 aromatic carbocycles. The summed E-state index contributed by atoms with van der Waals surface area (Å²) in [6.07, 6.45) is 6.65. The van der Waals surface area contributed by atoms with E-state index in [9.17, 15) is 0 Å². The van der Waals surface area contributed by atoms with Crippen molar-refractivity contribution < 1.29 is 0 Å². The van der Waals surface area contributed by atoms with Crippen LogP contribution in [-0.4, -0.2) is 14.6 Å². The molecule has 0 amide bonds. The van der Waals surface area contributed by atoms with Gasteiger partial charge in [0, 0.05) is 12.4 Å². The first-order valence-electron chi connectivity index (χ1n) is 9.15. The van der Waals surface area contributed by atoms with Crippen LogP contribution in [0.3, 0.4) is 0 Å². The van der Waals surface area contributed by atoms with E-state index < -0.39 is 0 Å². The average molecular weight is 419 g/mol. The Labute approximate surface area is 166 Å². The smallest absolute Gasteiger partial charge is 0.153 e. The zero-order valence-corrected chi connectivity index (χ0v) is 16.3. The lowest BCUT2D eigenvalue weighted by atomic mass is 9.98. The molecule has 2 heterocycles. The second-order valence-corrected chi connectivity index (χ2v) is 7.87. The molecule has 0 bridgehead atoms. The fraction of sp³-hybridized carbons (Fsp3) is 0.182. The Morgan fingerprint density at radius 2 is 1.78 bits per heavy atom. The maximum atomic E-state index is 4.61. The first kappa shape index (κ1) is 16.5. The van der Waals surface area contributed by atoms with Gasteiger partial charge in [0.2, 0.25) is 0 Å². The molecule has 0 spiro atoms. The molecule has 27 heavy (non-hydrogen) atoms. The molecule has 2 aromatic heterocycles. The van der Waals surface area contributed by atoms with Gasteiger partial charge in [0.05, 0.1) is 16.7 Å². The molecule has 1 fully saturated rings. The molecule has 5 heteroatoms. The summed E-state index contributed by atoms with van der Waals surface area (Å²) in [4.78, 5) is 4.61. The SMILES string of the molecule is Brc1cnn2ccnc(NC(c3ccccc3)C3CC3c3ccccc3)c12. The van der Waals surface area contributed by atoms with Gasteiger partial charge in [0.15, 0.2) is 5.82 Å². The minimum Gasteiger partial charge on any atom is -0.361 e. The first-order valence-corrected chi connectivity index (χ1v) is 9.95. The standard InChI is InChI=1S/C22H19BrN4/c23-19-14-25-27-12-11-24-22(21(19)27)26-20(16-9-5-2-6-10-16)18-13-17(18)15-7-3-1-4-8-15/h1-12,14,17-18,20H,13H2,(H,24,26). The molecule has 0 radical (unpaired) electrons. The average Bonchev–Trinajstić information content (AvgIpc) is 3.43. The third kappa shape index (κ3) is 3.12. The van der Waals surface area contributed by atoms with E-state index in [1.807, 2.05) is 16.9 Å². The van der Waals surface area contributed by atoms with Crippen molar-refractivity contribution in [2.75, 3.05) is 5.32 Å². The van der Waals surface area contributed by atoms with Gasteiger partial charge in [-0.1, -0.05) is 60.7 Å². The predicted molar refractivity (Wildman–Crippen MR) is 111 cm³/mol. The minimum absolute atomic E-state index is 0.205. The maximum Gasteiger partial charge on any atom is 0.153 e. The Balaban J connectivity index is 1.51. The monoisotopic (exact) mass is 418 g/mol. The fourth-order valence-electron chi connectivity index (χ4n) is 3.93. The van der Waals surface area contributed by atoms with Crippen LogP contribution in [0.2, 0.25) is 0 Å². The molecule has 1 aliphatic carbocycles. The quantitative estimate of drug-likeness (QED) is 0.468. The summed E-state index contributed by atoms with van der Waals surface area (Å²) in [5, 5.41) is 8.10. The summed E-state index contributed by atoms with van der Waals surface area (Å²) in [6.45, 7) is 0. The number of rotatable bonds is 5.